The molecule has 1 atom stereocenters. The Morgan fingerprint density at radius 2 is 1.93 bits per heavy atom. The average molecular weight is 209 g/mol. The number of hydrogen-bond acceptors (Lipinski definition) is 1. The van der Waals surface area contributed by atoms with Crippen molar-refractivity contribution in [3.63, 3.8) is 0 Å². The molecule has 0 bridgehead atoms. The molecule has 0 saturated heterocycles. The van der Waals surface area contributed by atoms with Crippen molar-refractivity contribution in [2.75, 3.05) is 0 Å². The fraction of sp³-hybridized carbons (Fsp3) is 0.455. The Kier molecular flexibility index (Phi) is 2.99. The Morgan fingerprint density at radius 3 is 2.43 bits per heavy atom. The number of aryl methyl sites for hydroxylation is 1. The zero-order valence-electron chi connectivity index (χ0n) is 8.32. The minimum absolute atomic E-state index is 0.470. The van der Waals surface area contributed by atoms with Crippen LogP contribution in [-0.4, -0.2) is 10.3 Å². The highest BCUT2D eigenvalue weighted by Crippen LogP contribution is 2.19. The van der Waals surface area contributed by atoms with Gasteiger partial charge in [0, 0.05) is 6.04 Å². The molecule has 0 radical (unpaired) electrons. The van der Waals surface area contributed by atoms with E-state index in [0.717, 1.165) is 17.7 Å². The monoisotopic (exact) mass is 209 g/mol. The molecule has 0 aromatic heterocycles. The molecule has 1 unspecified atom stereocenters. The van der Waals surface area contributed by atoms with Gasteiger partial charge >= 0.3 is 0 Å². The smallest absolute Gasteiger partial charge is 0.125 e. The summed E-state index contributed by atoms with van der Waals surface area (Å²) in [6, 6.07) is 8.32. The Morgan fingerprint density at radius 1 is 1.29 bits per heavy atom. The second kappa shape index (κ2) is 4.24. The SMILES string of the molecule is Cc1ccc(S(=O)NC2CCC2)cc1. The van der Waals surface area contributed by atoms with E-state index < -0.39 is 11.0 Å². The first-order valence-electron chi connectivity index (χ1n) is 5.00. The van der Waals surface area contributed by atoms with Crippen molar-refractivity contribution in [3.8, 4) is 0 Å². The maximum atomic E-state index is 11.8. The highest BCUT2D eigenvalue weighted by molar-refractivity contribution is 7.83. The Balaban J connectivity index is 1.99. The molecule has 2 nitrogen and oxygen atoms in total. The minimum Gasteiger partial charge on any atom is -0.237 e. The van der Waals surface area contributed by atoms with Crippen LogP contribution in [0, 0.1) is 6.92 Å². The van der Waals surface area contributed by atoms with Crippen LogP contribution < -0.4 is 4.72 Å². The molecule has 1 fully saturated rings. The van der Waals surface area contributed by atoms with Crippen LogP contribution in [0.1, 0.15) is 24.8 Å². The molecule has 1 saturated carbocycles. The third-order valence-corrected chi connectivity index (χ3v) is 3.86. The zero-order valence-corrected chi connectivity index (χ0v) is 9.14. The zero-order chi connectivity index (χ0) is 9.97. The lowest BCUT2D eigenvalue weighted by Gasteiger charge is -2.25. The quantitative estimate of drug-likeness (QED) is 0.812. The van der Waals surface area contributed by atoms with E-state index in [4.69, 9.17) is 0 Å². The summed E-state index contributed by atoms with van der Waals surface area (Å²) in [6.07, 6.45) is 3.60. The third-order valence-electron chi connectivity index (χ3n) is 2.61. The minimum atomic E-state index is -1.02. The molecule has 1 aromatic rings. The highest BCUT2D eigenvalue weighted by atomic mass is 32.2. The van der Waals surface area contributed by atoms with Gasteiger partial charge in [0.15, 0.2) is 0 Å². The van der Waals surface area contributed by atoms with Gasteiger partial charge in [-0.2, -0.15) is 0 Å². The van der Waals surface area contributed by atoms with Crippen molar-refractivity contribution in [3.05, 3.63) is 29.8 Å². The summed E-state index contributed by atoms with van der Waals surface area (Å²) in [4.78, 5) is 0.877. The van der Waals surface area contributed by atoms with Gasteiger partial charge in [0.1, 0.15) is 11.0 Å². The van der Waals surface area contributed by atoms with Gasteiger partial charge in [-0.15, -0.1) is 0 Å². The lowest BCUT2D eigenvalue weighted by Crippen LogP contribution is -2.36. The van der Waals surface area contributed by atoms with Gasteiger partial charge in [-0.25, -0.2) is 8.93 Å². The van der Waals surface area contributed by atoms with Gasteiger partial charge in [0.05, 0.1) is 4.90 Å². The maximum Gasteiger partial charge on any atom is 0.125 e. The molecule has 1 N–H and O–H groups in total. The van der Waals surface area contributed by atoms with Crippen LogP contribution in [-0.2, 0) is 11.0 Å². The lowest BCUT2D eigenvalue weighted by atomic mass is 9.94. The van der Waals surface area contributed by atoms with E-state index >= 15 is 0 Å². The van der Waals surface area contributed by atoms with Crippen LogP contribution in [0.3, 0.4) is 0 Å². The van der Waals surface area contributed by atoms with E-state index in [-0.39, 0.29) is 0 Å². The van der Waals surface area contributed by atoms with E-state index in [2.05, 4.69) is 4.72 Å². The summed E-state index contributed by atoms with van der Waals surface area (Å²) in [6.45, 7) is 2.03. The third kappa shape index (κ3) is 2.22. The van der Waals surface area contributed by atoms with Crippen molar-refractivity contribution >= 4 is 11.0 Å². The largest absolute Gasteiger partial charge is 0.237 e. The topological polar surface area (TPSA) is 29.1 Å². The van der Waals surface area contributed by atoms with E-state index in [9.17, 15) is 4.21 Å². The number of nitrogens with one attached hydrogen (secondary N) is 1. The molecule has 0 spiro atoms. The standard InChI is InChI=1S/C11H15NOS/c1-9-5-7-11(8-6-9)14(13)12-10-3-2-4-10/h5-8,10,12H,2-4H2,1H3. The van der Waals surface area contributed by atoms with E-state index in [1.807, 2.05) is 31.2 Å². The average Bonchev–Trinajstić information content (AvgIpc) is 2.12. The fourth-order valence-corrected chi connectivity index (χ4v) is 2.47. The fourth-order valence-electron chi connectivity index (χ4n) is 1.41. The predicted octanol–water partition coefficient (Wildman–Crippen LogP) is 2.16. The Hall–Kier alpha value is -0.670. The normalized spacial score (nSPS) is 18.9. The van der Waals surface area contributed by atoms with Crippen LogP contribution in [0.4, 0.5) is 0 Å². The summed E-state index contributed by atoms with van der Waals surface area (Å²) < 4.78 is 14.9. The summed E-state index contributed by atoms with van der Waals surface area (Å²) >= 11 is 0. The summed E-state index contributed by atoms with van der Waals surface area (Å²) in [5, 5.41) is 0. The van der Waals surface area contributed by atoms with Crippen molar-refractivity contribution < 1.29 is 4.21 Å². The second-order valence-electron chi connectivity index (χ2n) is 3.83. The van der Waals surface area contributed by atoms with Crippen molar-refractivity contribution in [2.24, 2.45) is 0 Å². The molecule has 76 valence electrons. The number of hydrogen-bond donors (Lipinski definition) is 1. The van der Waals surface area contributed by atoms with Crippen molar-refractivity contribution in [1.82, 2.24) is 4.72 Å². The molecule has 1 aliphatic carbocycles. The summed E-state index contributed by atoms with van der Waals surface area (Å²) in [5.74, 6) is 0. The molecule has 1 aromatic carbocycles. The van der Waals surface area contributed by atoms with Crippen LogP contribution in [0.25, 0.3) is 0 Å². The second-order valence-corrected chi connectivity index (χ2v) is 5.07. The predicted molar refractivity (Wildman–Crippen MR) is 58.4 cm³/mol. The van der Waals surface area contributed by atoms with Gasteiger partial charge in [-0.1, -0.05) is 24.1 Å². The lowest BCUT2D eigenvalue weighted by molar-refractivity contribution is 0.390. The van der Waals surface area contributed by atoms with Crippen molar-refractivity contribution in [2.45, 2.75) is 37.1 Å². The molecular weight excluding hydrogens is 194 g/mol. The molecule has 1 aliphatic rings. The first-order valence-corrected chi connectivity index (χ1v) is 6.15. The van der Waals surface area contributed by atoms with E-state index in [1.54, 1.807) is 0 Å². The number of rotatable bonds is 3. The molecule has 0 heterocycles. The summed E-state index contributed by atoms with van der Waals surface area (Å²) in [7, 11) is -1.02. The molecule has 0 amide bonds. The van der Waals surface area contributed by atoms with Crippen LogP contribution in [0.2, 0.25) is 0 Å². The van der Waals surface area contributed by atoms with Crippen LogP contribution in [0.5, 0.6) is 0 Å². The van der Waals surface area contributed by atoms with Crippen molar-refractivity contribution in [1.29, 1.82) is 0 Å². The van der Waals surface area contributed by atoms with Crippen LogP contribution >= 0.6 is 0 Å². The molecule has 14 heavy (non-hydrogen) atoms. The molecule has 2 rings (SSSR count). The van der Waals surface area contributed by atoms with Gasteiger partial charge in [-0.3, -0.25) is 0 Å². The number of benzene rings is 1. The highest BCUT2D eigenvalue weighted by Gasteiger charge is 2.19. The first kappa shape index (κ1) is 9.87. The summed E-state index contributed by atoms with van der Waals surface area (Å²) in [5.41, 5.74) is 1.20. The Labute approximate surface area is 87.3 Å². The molecular formula is C11H15NOS. The van der Waals surface area contributed by atoms with Gasteiger partial charge in [0.2, 0.25) is 0 Å². The van der Waals surface area contributed by atoms with E-state index in [1.165, 1.54) is 12.0 Å². The molecule has 3 heteroatoms. The first-order chi connectivity index (χ1) is 6.75. The van der Waals surface area contributed by atoms with Gasteiger partial charge in [0.25, 0.3) is 0 Å². The van der Waals surface area contributed by atoms with E-state index in [0.29, 0.717) is 6.04 Å². The maximum absolute atomic E-state index is 11.8. The Bertz CT molecular complexity index is 330. The molecule has 0 aliphatic heterocycles. The van der Waals surface area contributed by atoms with Crippen LogP contribution in [0.15, 0.2) is 29.2 Å². The van der Waals surface area contributed by atoms with Gasteiger partial charge < -0.3 is 0 Å². The van der Waals surface area contributed by atoms with Gasteiger partial charge in [-0.05, 0) is 31.9 Å².